The van der Waals surface area contributed by atoms with Crippen molar-refractivity contribution in [2.75, 3.05) is 12.4 Å². The van der Waals surface area contributed by atoms with Gasteiger partial charge in [-0.1, -0.05) is 11.3 Å². The molecule has 18 heavy (non-hydrogen) atoms. The van der Waals surface area contributed by atoms with E-state index in [9.17, 15) is 4.79 Å². The normalized spacial score (nSPS) is 10.4. The lowest BCUT2D eigenvalue weighted by Crippen LogP contribution is -1.99. The average molecular weight is 266 g/mol. The summed E-state index contributed by atoms with van der Waals surface area (Å²) in [4.78, 5) is 16.2. The maximum Gasteiger partial charge on any atom is 0.350 e. The quantitative estimate of drug-likeness (QED) is 0.862. The molecular weight excluding hydrogens is 252 g/mol. The van der Waals surface area contributed by atoms with Crippen molar-refractivity contribution in [3.63, 3.8) is 0 Å². The number of anilines is 1. The highest BCUT2D eigenvalue weighted by Gasteiger charge is 2.15. The molecular formula is C12H14N2O3S. The van der Waals surface area contributed by atoms with Gasteiger partial charge in [0, 0.05) is 0 Å². The van der Waals surface area contributed by atoms with Gasteiger partial charge in [-0.05, 0) is 26.0 Å². The van der Waals surface area contributed by atoms with Crippen LogP contribution in [0.15, 0.2) is 16.5 Å². The Morgan fingerprint density at radius 1 is 1.50 bits per heavy atom. The molecule has 2 rings (SSSR count). The Kier molecular flexibility index (Phi) is 3.66. The van der Waals surface area contributed by atoms with Crippen LogP contribution >= 0.6 is 11.3 Å². The molecule has 1 N–H and O–H groups in total. The van der Waals surface area contributed by atoms with Gasteiger partial charge in [-0.3, -0.25) is 0 Å². The first-order valence-corrected chi connectivity index (χ1v) is 6.26. The van der Waals surface area contributed by atoms with Crippen molar-refractivity contribution in [2.45, 2.75) is 20.4 Å². The van der Waals surface area contributed by atoms with Crippen LogP contribution in [0.4, 0.5) is 5.13 Å². The topological polar surface area (TPSA) is 64.4 Å². The molecule has 6 heteroatoms. The van der Waals surface area contributed by atoms with Crippen LogP contribution < -0.4 is 5.32 Å². The number of hydrogen-bond donors (Lipinski definition) is 1. The van der Waals surface area contributed by atoms with E-state index in [-0.39, 0.29) is 5.97 Å². The first kappa shape index (κ1) is 12.6. The molecule has 96 valence electrons. The molecule has 2 aromatic heterocycles. The molecule has 0 aromatic carbocycles. The summed E-state index contributed by atoms with van der Waals surface area (Å²) in [5.74, 6) is 1.35. The molecule has 0 fully saturated rings. The lowest BCUT2D eigenvalue weighted by Gasteiger charge is -1.98. The van der Waals surface area contributed by atoms with E-state index in [4.69, 9.17) is 4.42 Å². The van der Waals surface area contributed by atoms with Gasteiger partial charge in [-0.25, -0.2) is 9.78 Å². The number of carbonyl (C=O) groups is 1. The molecule has 2 heterocycles. The summed E-state index contributed by atoms with van der Waals surface area (Å²) in [5, 5.41) is 3.80. The van der Waals surface area contributed by atoms with Crippen LogP contribution in [0.5, 0.6) is 0 Å². The average Bonchev–Trinajstić information content (AvgIpc) is 2.92. The second-order valence-corrected chi connectivity index (χ2v) is 4.79. The number of carbonyl (C=O) groups excluding carboxylic acids is 1. The Hall–Kier alpha value is -1.82. The van der Waals surface area contributed by atoms with E-state index in [1.54, 1.807) is 6.92 Å². The number of methoxy groups -OCH3 is 1. The van der Waals surface area contributed by atoms with E-state index in [0.29, 0.717) is 22.2 Å². The van der Waals surface area contributed by atoms with Crippen molar-refractivity contribution in [2.24, 2.45) is 0 Å². The Bertz CT molecular complexity index is 559. The number of aryl methyl sites for hydroxylation is 2. The van der Waals surface area contributed by atoms with E-state index in [2.05, 4.69) is 15.0 Å². The summed E-state index contributed by atoms with van der Waals surface area (Å²) >= 11 is 1.28. The second kappa shape index (κ2) is 5.22. The molecule has 0 atom stereocenters. The highest BCUT2D eigenvalue weighted by atomic mass is 32.1. The monoisotopic (exact) mass is 266 g/mol. The molecule has 0 saturated heterocycles. The van der Waals surface area contributed by atoms with Crippen LogP contribution in [-0.4, -0.2) is 18.1 Å². The molecule has 5 nitrogen and oxygen atoms in total. The summed E-state index contributed by atoms with van der Waals surface area (Å²) in [7, 11) is 1.36. The maximum atomic E-state index is 11.4. The van der Waals surface area contributed by atoms with E-state index < -0.39 is 0 Å². The fraction of sp³-hybridized carbons (Fsp3) is 0.333. The Morgan fingerprint density at radius 3 is 2.89 bits per heavy atom. The van der Waals surface area contributed by atoms with E-state index in [1.165, 1.54) is 18.4 Å². The van der Waals surface area contributed by atoms with Gasteiger partial charge in [0.15, 0.2) is 5.13 Å². The largest absolute Gasteiger partial charge is 0.465 e. The van der Waals surface area contributed by atoms with Crippen LogP contribution in [0.25, 0.3) is 0 Å². The number of rotatable bonds is 4. The molecule has 0 bridgehead atoms. The summed E-state index contributed by atoms with van der Waals surface area (Å²) in [6, 6.07) is 3.81. The zero-order valence-corrected chi connectivity index (χ0v) is 11.3. The first-order chi connectivity index (χ1) is 8.60. The summed E-state index contributed by atoms with van der Waals surface area (Å²) < 4.78 is 10.1. The predicted octanol–water partition coefficient (Wildman–Crippen LogP) is 2.75. The Morgan fingerprint density at radius 2 is 2.28 bits per heavy atom. The summed E-state index contributed by atoms with van der Waals surface area (Å²) in [5.41, 5.74) is 0.671. The van der Waals surface area contributed by atoms with Gasteiger partial charge in [0.1, 0.15) is 16.4 Å². The number of hydrogen-bond acceptors (Lipinski definition) is 6. The molecule has 0 amide bonds. The molecule has 0 aliphatic carbocycles. The minimum atomic E-state index is -0.355. The van der Waals surface area contributed by atoms with Gasteiger partial charge in [0.2, 0.25) is 0 Å². The SMILES string of the molecule is COC(=O)c1sc(NCc2ccc(C)o2)nc1C. The van der Waals surface area contributed by atoms with Crippen LogP contribution in [0.1, 0.15) is 26.9 Å². The van der Waals surface area contributed by atoms with Crippen LogP contribution in [0.2, 0.25) is 0 Å². The van der Waals surface area contributed by atoms with Gasteiger partial charge in [0.25, 0.3) is 0 Å². The van der Waals surface area contributed by atoms with Crippen LogP contribution in [0, 0.1) is 13.8 Å². The van der Waals surface area contributed by atoms with Gasteiger partial charge in [0.05, 0.1) is 19.3 Å². The van der Waals surface area contributed by atoms with E-state index in [1.807, 2.05) is 19.1 Å². The molecule has 0 aliphatic rings. The van der Waals surface area contributed by atoms with Crippen molar-refractivity contribution in [3.8, 4) is 0 Å². The Labute approximate surface area is 109 Å². The number of aromatic nitrogens is 1. The van der Waals surface area contributed by atoms with Crippen molar-refractivity contribution >= 4 is 22.4 Å². The second-order valence-electron chi connectivity index (χ2n) is 3.79. The standard InChI is InChI=1S/C12H14N2O3S/c1-7-4-5-9(17-7)6-13-12-14-8(2)10(18-12)11(15)16-3/h4-5H,6H2,1-3H3,(H,13,14). The molecule has 0 unspecified atom stereocenters. The number of nitrogens with zero attached hydrogens (tertiary/aromatic N) is 1. The zero-order valence-electron chi connectivity index (χ0n) is 10.4. The van der Waals surface area contributed by atoms with Crippen molar-refractivity contribution in [3.05, 3.63) is 34.2 Å². The van der Waals surface area contributed by atoms with Crippen molar-refractivity contribution in [1.82, 2.24) is 4.98 Å². The molecule has 0 radical (unpaired) electrons. The molecule has 0 saturated carbocycles. The number of nitrogens with one attached hydrogen (secondary N) is 1. The third-order valence-corrected chi connectivity index (χ3v) is 3.47. The maximum absolute atomic E-state index is 11.4. The van der Waals surface area contributed by atoms with E-state index >= 15 is 0 Å². The lowest BCUT2D eigenvalue weighted by atomic mass is 10.4. The molecule has 0 aliphatic heterocycles. The first-order valence-electron chi connectivity index (χ1n) is 5.45. The zero-order chi connectivity index (χ0) is 13.1. The van der Waals surface area contributed by atoms with Gasteiger partial charge in [-0.15, -0.1) is 0 Å². The molecule has 2 aromatic rings. The van der Waals surface area contributed by atoms with Gasteiger partial charge >= 0.3 is 5.97 Å². The fourth-order valence-electron chi connectivity index (χ4n) is 1.50. The molecule has 0 spiro atoms. The minimum Gasteiger partial charge on any atom is -0.465 e. The highest BCUT2D eigenvalue weighted by molar-refractivity contribution is 7.17. The van der Waals surface area contributed by atoms with Gasteiger partial charge < -0.3 is 14.5 Å². The smallest absolute Gasteiger partial charge is 0.350 e. The third kappa shape index (κ3) is 2.70. The number of furan rings is 1. The summed E-state index contributed by atoms with van der Waals surface area (Å²) in [6.45, 7) is 4.22. The third-order valence-electron chi connectivity index (χ3n) is 2.38. The van der Waals surface area contributed by atoms with Crippen molar-refractivity contribution in [1.29, 1.82) is 0 Å². The fourth-order valence-corrected chi connectivity index (χ4v) is 2.38. The number of thiazole rings is 1. The van der Waals surface area contributed by atoms with Gasteiger partial charge in [-0.2, -0.15) is 0 Å². The number of esters is 1. The Balaban J connectivity index is 2.04. The predicted molar refractivity (Wildman–Crippen MR) is 69.0 cm³/mol. The highest BCUT2D eigenvalue weighted by Crippen LogP contribution is 2.23. The minimum absolute atomic E-state index is 0.355. The van der Waals surface area contributed by atoms with Crippen LogP contribution in [-0.2, 0) is 11.3 Å². The number of ether oxygens (including phenoxy) is 1. The van der Waals surface area contributed by atoms with Crippen LogP contribution in [0.3, 0.4) is 0 Å². The lowest BCUT2D eigenvalue weighted by molar-refractivity contribution is 0.0605. The van der Waals surface area contributed by atoms with Crippen molar-refractivity contribution < 1.29 is 13.9 Å². The summed E-state index contributed by atoms with van der Waals surface area (Å²) in [6.07, 6.45) is 0. The van der Waals surface area contributed by atoms with E-state index in [0.717, 1.165) is 11.5 Å².